The maximum Gasteiger partial charge on any atom is 0.0451 e. The maximum atomic E-state index is 6.25. The lowest BCUT2D eigenvalue weighted by Gasteiger charge is -2.20. The lowest BCUT2D eigenvalue weighted by Crippen LogP contribution is -2.26. The number of benzene rings is 1. The van der Waals surface area contributed by atoms with Gasteiger partial charge in [0.05, 0.1) is 0 Å². The first kappa shape index (κ1) is 12.8. The molecule has 2 nitrogen and oxygen atoms in total. The third-order valence-corrected chi connectivity index (χ3v) is 4.38. The Balaban J connectivity index is 1.71. The highest BCUT2D eigenvalue weighted by Crippen LogP contribution is 2.21. The van der Waals surface area contributed by atoms with E-state index < -0.39 is 0 Å². The van der Waals surface area contributed by atoms with Gasteiger partial charge in [-0.15, -0.1) is 0 Å². The molecule has 19 heavy (non-hydrogen) atoms. The van der Waals surface area contributed by atoms with Gasteiger partial charge in [-0.2, -0.15) is 0 Å². The molecule has 2 aromatic rings. The molecule has 0 N–H and O–H groups in total. The molecule has 2 heterocycles. The second kappa shape index (κ2) is 5.40. The zero-order chi connectivity index (χ0) is 13.2. The highest BCUT2D eigenvalue weighted by atomic mass is 35.5. The van der Waals surface area contributed by atoms with Crippen molar-refractivity contribution in [3.63, 3.8) is 0 Å². The third-order valence-electron chi connectivity index (χ3n) is 4.01. The van der Waals surface area contributed by atoms with Crippen molar-refractivity contribution < 1.29 is 0 Å². The minimum Gasteiger partial charge on any atom is -0.354 e. The Kier molecular flexibility index (Phi) is 3.63. The van der Waals surface area contributed by atoms with Crippen LogP contribution in [0.2, 0.25) is 5.02 Å². The number of aryl methyl sites for hydroxylation is 1. The van der Waals surface area contributed by atoms with Crippen LogP contribution in [0.1, 0.15) is 16.8 Å². The second-order valence-electron chi connectivity index (χ2n) is 5.27. The molecule has 3 rings (SSSR count). The van der Waals surface area contributed by atoms with Gasteiger partial charge in [0.2, 0.25) is 0 Å². The topological polar surface area (TPSA) is 8.17 Å². The van der Waals surface area contributed by atoms with Crippen LogP contribution in [-0.4, -0.2) is 22.6 Å². The van der Waals surface area contributed by atoms with Crippen molar-refractivity contribution in [1.82, 2.24) is 9.47 Å². The van der Waals surface area contributed by atoms with Crippen LogP contribution >= 0.6 is 11.6 Å². The van der Waals surface area contributed by atoms with Crippen LogP contribution in [0.5, 0.6) is 0 Å². The molecule has 0 amide bonds. The second-order valence-corrected chi connectivity index (χ2v) is 5.67. The van der Waals surface area contributed by atoms with Gasteiger partial charge in [-0.3, -0.25) is 4.90 Å². The van der Waals surface area contributed by atoms with Crippen molar-refractivity contribution in [2.24, 2.45) is 7.05 Å². The summed E-state index contributed by atoms with van der Waals surface area (Å²) in [5, 5.41) is 0.879. The zero-order valence-corrected chi connectivity index (χ0v) is 12.0. The van der Waals surface area contributed by atoms with Gasteiger partial charge in [0.1, 0.15) is 0 Å². The summed E-state index contributed by atoms with van der Waals surface area (Å²) in [6, 6.07) is 10.4. The van der Waals surface area contributed by atoms with E-state index in [1.165, 1.54) is 16.8 Å². The SMILES string of the molecule is Cn1ccc2c1CCN(Cc1ccccc1Cl)CC2. The number of rotatable bonds is 2. The summed E-state index contributed by atoms with van der Waals surface area (Å²) in [5.74, 6) is 0. The van der Waals surface area contributed by atoms with Crippen molar-refractivity contribution in [2.45, 2.75) is 19.4 Å². The van der Waals surface area contributed by atoms with Crippen molar-refractivity contribution in [2.75, 3.05) is 13.1 Å². The Morgan fingerprint density at radius 2 is 1.89 bits per heavy atom. The molecule has 1 aliphatic rings. The Bertz CT molecular complexity index is 574. The van der Waals surface area contributed by atoms with Crippen LogP contribution in [0.3, 0.4) is 0 Å². The summed E-state index contributed by atoms with van der Waals surface area (Å²) in [7, 11) is 2.14. The van der Waals surface area contributed by atoms with Gasteiger partial charge >= 0.3 is 0 Å². The van der Waals surface area contributed by atoms with Crippen molar-refractivity contribution in [3.8, 4) is 0 Å². The number of nitrogens with zero attached hydrogens (tertiary/aromatic N) is 2. The molecule has 0 unspecified atom stereocenters. The minimum atomic E-state index is 0.879. The molecular weight excluding hydrogens is 256 g/mol. The molecule has 0 saturated heterocycles. The Morgan fingerprint density at radius 3 is 2.74 bits per heavy atom. The molecule has 1 aromatic heterocycles. The number of hydrogen-bond acceptors (Lipinski definition) is 1. The summed E-state index contributed by atoms with van der Waals surface area (Å²) in [4.78, 5) is 2.50. The number of fused-ring (bicyclic) bond motifs is 1. The summed E-state index contributed by atoms with van der Waals surface area (Å²) in [6.07, 6.45) is 4.44. The molecule has 0 radical (unpaired) electrons. The minimum absolute atomic E-state index is 0.879. The van der Waals surface area contributed by atoms with E-state index in [1.54, 1.807) is 0 Å². The van der Waals surface area contributed by atoms with E-state index in [1.807, 2.05) is 12.1 Å². The highest BCUT2D eigenvalue weighted by molar-refractivity contribution is 6.31. The van der Waals surface area contributed by atoms with Crippen molar-refractivity contribution in [3.05, 3.63) is 58.4 Å². The number of hydrogen-bond donors (Lipinski definition) is 0. The summed E-state index contributed by atoms with van der Waals surface area (Å²) in [5.41, 5.74) is 4.22. The van der Waals surface area contributed by atoms with Crippen LogP contribution in [-0.2, 0) is 26.4 Å². The van der Waals surface area contributed by atoms with Gasteiger partial charge in [-0.1, -0.05) is 29.8 Å². The lowest BCUT2D eigenvalue weighted by molar-refractivity contribution is 0.278. The van der Waals surface area contributed by atoms with Gasteiger partial charge in [-0.25, -0.2) is 0 Å². The van der Waals surface area contributed by atoms with Gasteiger partial charge < -0.3 is 4.57 Å². The van der Waals surface area contributed by atoms with Crippen LogP contribution in [0.25, 0.3) is 0 Å². The van der Waals surface area contributed by atoms with Crippen LogP contribution in [0, 0.1) is 0 Å². The van der Waals surface area contributed by atoms with Gasteiger partial charge in [0.25, 0.3) is 0 Å². The molecule has 0 fully saturated rings. The Labute approximate surface area is 119 Å². The number of halogens is 1. The third kappa shape index (κ3) is 2.70. The van der Waals surface area contributed by atoms with E-state index in [-0.39, 0.29) is 0 Å². The fraction of sp³-hybridized carbons (Fsp3) is 0.375. The maximum absolute atomic E-state index is 6.25. The Morgan fingerprint density at radius 1 is 1.11 bits per heavy atom. The fourth-order valence-corrected chi connectivity index (χ4v) is 3.05. The molecule has 100 valence electrons. The summed E-state index contributed by atoms with van der Waals surface area (Å²) >= 11 is 6.25. The van der Waals surface area contributed by atoms with Crippen molar-refractivity contribution >= 4 is 11.6 Å². The zero-order valence-electron chi connectivity index (χ0n) is 11.3. The molecule has 0 saturated carbocycles. The smallest absolute Gasteiger partial charge is 0.0451 e. The number of aromatic nitrogens is 1. The average molecular weight is 275 g/mol. The first-order chi connectivity index (χ1) is 9.24. The monoisotopic (exact) mass is 274 g/mol. The molecule has 1 aromatic carbocycles. The summed E-state index contributed by atoms with van der Waals surface area (Å²) in [6.45, 7) is 3.17. The molecule has 0 atom stereocenters. The van der Waals surface area contributed by atoms with Gasteiger partial charge in [0.15, 0.2) is 0 Å². The predicted octanol–water partition coefficient (Wildman–Crippen LogP) is 3.28. The van der Waals surface area contributed by atoms with E-state index >= 15 is 0 Å². The van der Waals surface area contributed by atoms with Crippen LogP contribution in [0.15, 0.2) is 36.5 Å². The van der Waals surface area contributed by atoms with E-state index in [2.05, 4.69) is 40.9 Å². The fourth-order valence-electron chi connectivity index (χ4n) is 2.86. The molecule has 0 bridgehead atoms. The molecule has 3 heteroatoms. The predicted molar refractivity (Wildman–Crippen MR) is 79.6 cm³/mol. The van der Waals surface area contributed by atoms with Crippen LogP contribution < -0.4 is 0 Å². The molecule has 0 spiro atoms. The highest BCUT2D eigenvalue weighted by Gasteiger charge is 2.16. The molecular formula is C16H19ClN2. The largest absolute Gasteiger partial charge is 0.354 e. The van der Waals surface area contributed by atoms with Gasteiger partial charge in [-0.05, 0) is 29.7 Å². The molecule has 1 aliphatic heterocycles. The van der Waals surface area contributed by atoms with E-state index in [9.17, 15) is 0 Å². The quantitative estimate of drug-likeness (QED) is 0.816. The normalized spacial score (nSPS) is 16.1. The summed E-state index contributed by atoms with van der Waals surface area (Å²) < 4.78 is 2.26. The standard InChI is InChI=1S/C16H19ClN2/c1-18-9-6-13-7-10-19(11-8-16(13)18)12-14-4-2-3-5-15(14)17/h2-6,9H,7-8,10-12H2,1H3. The van der Waals surface area contributed by atoms with Gasteiger partial charge in [0, 0.05) is 50.0 Å². The van der Waals surface area contributed by atoms with E-state index in [4.69, 9.17) is 11.6 Å². The van der Waals surface area contributed by atoms with Crippen molar-refractivity contribution in [1.29, 1.82) is 0 Å². The lowest BCUT2D eigenvalue weighted by atomic mass is 10.1. The van der Waals surface area contributed by atoms with E-state index in [0.29, 0.717) is 0 Å². The molecule has 0 aliphatic carbocycles. The average Bonchev–Trinajstić information content (AvgIpc) is 2.64. The first-order valence-electron chi connectivity index (χ1n) is 6.83. The Hall–Kier alpha value is -1.25. The van der Waals surface area contributed by atoms with Crippen LogP contribution in [0.4, 0.5) is 0 Å². The first-order valence-corrected chi connectivity index (χ1v) is 7.20. The van der Waals surface area contributed by atoms with E-state index in [0.717, 1.165) is 37.5 Å².